The number of carboxylic acid groups (broad SMARTS) is 2. The zero-order valence-corrected chi connectivity index (χ0v) is 14.4. The number of hydrogen-bond acceptors (Lipinski definition) is 8. The number of anilines is 1. The van der Waals surface area contributed by atoms with Crippen LogP contribution in [0.3, 0.4) is 0 Å². The second kappa shape index (κ2) is 8.60. The largest absolute Gasteiger partial charge is 0.506 e. The Morgan fingerprint density at radius 1 is 1.38 bits per heavy atom. The van der Waals surface area contributed by atoms with Crippen molar-refractivity contribution >= 4 is 51.3 Å². The summed E-state index contributed by atoms with van der Waals surface area (Å²) in [5, 5.41) is 20.4. The number of benzene rings is 1. The van der Waals surface area contributed by atoms with Crippen LogP contribution in [-0.4, -0.2) is 52.5 Å². The Bertz CT molecular complexity index is 720. The molecule has 10 heteroatoms. The fraction of sp³-hybridized carbons (Fsp3) is 0.357. The maximum absolute atomic E-state index is 10.7. The second-order valence-corrected chi connectivity index (χ2v) is 6.88. The highest BCUT2D eigenvalue weighted by Crippen LogP contribution is 2.31. The number of carbonyl (C=O) groups is 2. The van der Waals surface area contributed by atoms with Crippen LogP contribution in [0.15, 0.2) is 22.5 Å². The van der Waals surface area contributed by atoms with Gasteiger partial charge in [0.2, 0.25) is 0 Å². The third-order valence-electron chi connectivity index (χ3n) is 2.80. The van der Waals surface area contributed by atoms with Gasteiger partial charge in [-0.15, -0.1) is 11.3 Å². The molecular weight excluding hydrogens is 356 g/mol. The molecule has 2 rings (SSSR count). The molecule has 0 fully saturated rings. The molecule has 2 aromatic rings. The molecular formula is C14H16N2O6S2. The zero-order valence-electron chi connectivity index (χ0n) is 12.7. The SMILES string of the molecule is CCNc1ccc2sc(SCC(COC(=O)O)OC(=O)O)nc2c1. The smallest absolute Gasteiger partial charge is 0.450 e. The third-order valence-corrected chi connectivity index (χ3v) is 5.11. The highest BCUT2D eigenvalue weighted by Gasteiger charge is 2.18. The molecule has 0 radical (unpaired) electrons. The zero-order chi connectivity index (χ0) is 17.5. The molecule has 0 aliphatic heterocycles. The van der Waals surface area contributed by atoms with Crippen molar-refractivity contribution < 1.29 is 29.3 Å². The molecule has 1 aromatic carbocycles. The van der Waals surface area contributed by atoms with Gasteiger partial charge in [-0.3, -0.25) is 0 Å². The van der Waals surface area contributed by atoms with Gasteiger partial charge in [-0.1, -0.05) is 11.8 Å². The Morgan fingerprint density at radius 2 is 2.17 bits per heavy atom. The maximum atomic E-state index is 10.7. The van der Waals surface area contributed by atoms with Crippen molar-refractivity contribution in [2.75, 3.05) is 24.2 Å². The lowest BCUT2D eigenvalue weighted by atomic mass is 10.3. The van der Waals surface area contributed by atoms with Crippen molar-refractivity contribution in [2.24, 2.45) is 0 Å². The van der Waals surface area contributed by atoms with Crippen LogP contribution in [0.4, 0.5) is 15.3 Å². The molecule has 1 atom stereocenters. The normalized spacial score (nSPS) is 11.9. The number of thioether (sulfide) groups is 1. The van der Waals surface area contributed by atoms with Gasteiger partial charge in [0.15, 0.2) is 4.34 Å². The van der Waals surface area contributed by atoms with Crippen LogP contribution in [-0.2, 0) is 9.47 Å². The van der Waals surface area contributed by atoms with Gasteiger partial charge in [0.1, 0.15) is 12.7 Å². The van der Waals surface area contributed by atoms with E-state index in [2.05, 4.69) is 19.8 Å². The average Bonchev–Trinajstić information content (AvgIpc) is 2.92. The molecule has 0 saturated heterocycles. The molecule has 24 heavy (non-hydrogen) atoms. The molecule has 3 N–H and O–H groups in total. The topological polar surface area (TPSA) is 118 Å². The van der Waals surface area contributed by atoms with E-state index in [-0.39, 0.29) is 12.4 Å². The molecule has 0 amide bonds. The molecule has 1 heterocycles. The Hall–Kier alpha value is -2.20. The number of hydrogen-bond donors (Lipinski definition) is 3. The van der Waals surface area contributed by atoms with Crippen LogP contribution >= 0.6 is 23.1 Å². The Labute approximate surface area is 145 Å². The van der Waals surface area contributed by atoms with Gasteiger partial charge < -0.3 is 25.0 Å². The molecule has 1 aromatic heterocycles. The van der Waals surface area contributed by atoms with E-state index in [0.29, 0.717) is 0 Å². The van der Waals surface area contributed by atoms with Gasteiger partial charge in [-0.2, -0.15) is 0 Å². The lowest BCUT2D eigenvalue weighted by Crippen LogP contribution is -2.26. The Morgan fingerprint density at radius 3 is 2.83 bits per heavy atom. The summed E-state index contributed by atoms with van der Waals surface area (Å²) in [5.41, 5.74) is 1.83. The van der Waals surface area contributed by atoms with E-state index in [1.807, 2.05) is 25.1 Å². The van der Waals surface area contributed by atoms with Gasteiger partial charge in [0, 0.05) is 18.0 Å². The standard InChI is InChI=1S/C14H16N2O6S2/c1-2-15-8-3-4-11-10(5-8)16-12(24-11)23-7-9(22-14(19)20)6-21-13(17)18/h3-5,9,15H,2,6-7H2,1H3,(H,17,18)(H,19,20). The number of fused-ring (bicyclic) bond motifs is 1. The summed E-state index contributed by atoms with van der Waals surface area (Å²) >= 11 is 2.77. The van der Waals surface area contributed by atoms with Crippen LogP contribution in [0.25, 0.3) is 10.2 Å². The first-order valence-electron chi connectivity index (χ1n) is 7.00. The van der Waals surface area contributed by atoms with Crippen LogP contribution < -0.4 is 5.32 Å². The van der Waals surface area contributed by atoms with E-state index in [4.69, 9.17) is 10.2 Å². The molecule has 8 nitrogen and oxygen atoms in total. The monoisotopic (exact) mass is 372 g/mol. The molecule has 0 spiro atoms. The third kappa shape index (κ3) is 5.46. The molecule has 130 valence electrons. The minimum atomic E-state index is -1.48. The second-order valence-electron chi connectivity index (χ2n) is 4.59. The fourth-order valence-electron chi connectivity index (χ4n) is 1.87. The lowest BCUT2D eigenvalue weighted by molar-refractivity contribution is 0.0140. The van der Waals surface area contributed by atoms with E-state index in [1.54, 1.807) is 0 Å². The number of nitrogens with one attached hydrogen (secondary N) is 1. The first kappa shape index (κ1) is 18.1. The highest BCUT2D eigenvalue weighted by molar-refractivity contribution is 8.01. The summed E-state index contributed by atoms with van der Waals surface area (Å²) in [6.45, 7) is 2.47. The lowest BCUT2D eigenvalue weighted by Gasteiger charge is -2.13. The number of ether oxygens (including phenoxy) is 2. The van der Waals surface area contributed by atoms with Crippen molar-refractivity contribution in [3.05, 3.63) is 18.2 Å². The van der Waals surface area contributed by atoms with Crippen LogP contribution in [0.1, 0.15) is 6.92 Å². The van der Waals surface area contributed by atoms with E-state index in [1.165, 1.54) is 23.1 Å². The predicted octanol–water partition coefficient (Wildman–Crippen LogP) is 3.58. The molecule has 0 aliphatic rings. The van der Waals surface area contributed by atoms with Crippen molar-refractivity contribution in [3.8, 4) is 0 Å². The van der Waals surface area contributed by atoms with Crippen LogP contribution in [0.2, 0.25) is 0 Å². The summed E-state index contributed by atoms with van der Waals surface area (Å²) in [6, 6.07) is 5.88. The molecule has 0 saturated carbocycles. The van der Waals surface area contributed by atoms with Gasteiger partial charge in [-0.05, 0) is 25.1 Å². The summed E-state index contributed by atoms with van der Waals surface area (Å²) < 4.78 is 10.8. The van der Waals surface area contributed by atoms with E-state index in [0.717, 1.165) is 26.8 Å². The van der Waals surface area contributed by atoms with Gasteiger partial charge in [0.25, 0.3) is 0 Å². The molecule has 0 aliphatic carbocycles. The average molecular weight is 372 g/mol. The number of nitrogens with zero attached hydrogens (tertiary/aromatic N) is 1. The van der Waals surface area contributed by atoms with Crippen LogP contribution in [0.5, 0.6) is 0 Å². The summed E-state index contributed by atoms with van der Waals surface area (Å²) in [6.07, 6.45) is -3.85. The number of thiazole rings is 1. The van der Waals surface area contributed by atoms with Gasteiger partial charge in [0.05, 0.1) is 10.2 Å². The van der Waals surface area contributed by atoms with E-state index < -0.39 is 18.4 Å². The number of aromatic nitrogens is 1. The number of rotatable bonds is 8. The Balaban J connectivity index is 2.01. The van der Waals surface area contributed by atoms with E-state index in [9.17, 15) is 9.59 Å². The predicted molar refractivity (Wildman–Crippen MR) is 91.4 cm³/mol. The minimum Gasteiger partial charge on any atom is -0.450 e. The molecule has 0 bridgehead atoms. The van der Waals surface area contributed by atoms with Crippen molar-refractivity contribution in [3.63, 3.8) is 0 Å². The summed E-state index contributed by atoms with van der Waals surface area (Å²) in [7, 11) is 0. The van der Waals surface area contributed by atoms with Crippen LogP contribution in [0, 0.1) is 0 Å². The minimum absolute atomic E-state index is 0.208. The Kier molecular flexibility index (Phi) is 6.50. The van der Waals surface area contributed by atoms with E-state index >= 15 is 0 Å². The summed E-state index contributed by atoms with van der Waals surface area (Å²) in [5.74, 6) is 0.208. The molecule has 1 unspecified atom stereocenters. The van der Waals surface area contributed by atoms with Crippen molar-refractivity contribution in [1.29, 1.82) is 0 Å². The first-order valence-corrected chi connectivity index (χ1v) is 8.80. The maximum Gasteiger partial charge on any atom is 0.506 e. The van der Waals surface area contributed by atoms with Crippen molar-refractivity contribution in [1.82, 2.24) is 4.98 Å². The van der Waals surface area contributed by atoms with Gasteiger partial charge in [-0.25, -0.2) is 14.6 Å². The first-order chi connectivity index (χ1) is 11.5. The quantitative estimate of drug-likeness (QED) is 0.472. The van der Waals surface area contributed by atoms with Gasteiger partial charge >= 0.3 is 12.3 Å². The fourth-order valence-corrected chi connectivity index (χ4v) is 3.91. The highest BCUT2D eigenvalue weighted by atomic mass is 32.2. The summed E-state index contributed by atoms with van der Waals surface area (Å²) in [4.78, 5) is 25.6. The van der Waals surface area contributed by atoms with Crippen molar-refractivity contribution in [2.45, 2.75) is 17.4 Å².